The molecule has 5 rings (SSSR count). The van der Waals surface area contributed by atoms with Gasteiger partial charge in [0.05, 0.1) is 6.04 Å². The van der Waals surface area contributed by atoms with Crippen molar-refractivity contribution >= 4 is 35.0 Å². The van der Waals surface area contributed by atoms with E-state index in [0.29, 0.717) is 21.7 Å². The number of carbonyl (C=O) groups is 1. The first kappa shape index (κ1) is 20.5. The van der Waals surface area contributed by atoms with E-state index in [1.54, 1.807) is 41.1 Å². The molecule has 0 radical (unpaired) electrons. The summed E-state index contributed by atoms with van der Waals surface area (Å²) in [6.07, 6.45) is 0. The van der Waals surface area contributed by atoms with Crippen molar-refractivity contribution < 1.29 is 9.18 Å². The number of carbonyl (C=O) groups excluding carboxylic acids is 1. The molecule has 1 aliphatic heterocycles. The van der Waals surface area contributed by atoms with Gasteiger partial charge in [-0.05, 0) is 35.9 Å². The number of hydrogen-bond acceptors (Lipinski definition) is 5. The zero-order valence-corrected chi connectivity index (χ0v) is 18.1. The summed E-state index contributed by atoms with van der Waals surface area (Å²) >= 11 is 7.35. The van der Waals surface area contributed by atoms with Crippen LogP contribution in [0.15, 0.2) is 84.0 Å². The van der Waals surface area contributed by atoms with Gasteiger partial charge in [-0.1, -0.05) is 71.9 Å². The first-order valence-electron chi connectivity index (χ1n) is 9.84. The molecule has 3 aromatic carbocycles. The van der Waals surface area contributed by atoms with Crippen LogP contribution in [0.25, 0.3) is 11.4 Å². The maximum Gasteiger partial charge on any atom is 0.240 e. The number of thioether (sulfide) groups is 1. The second kappa shape index (κ2) is 8.64. The van der Waals surface area contributed by atoms with E-state index in [1.807, 2.05) is 30.3 Å². The summed E-state index contributed by atoms with van der Waals surface area (Å²) in [5.74, 6) is 0.0654. The quantitative estimate of drug-likeness (QED) is 0.437. The number of rotatable bonds is 4. The van der Waals surface area contributed by atoms with Crippen molar-refractivity contribution in [2.24, 2.45) is 0 Å². The Balaban J connectivity index is 1.51. The lowest BCUT2D eigenvalue weighted by Gasteiger charge is -2.33. The van der Waals surface area contributed by atoms with Gasteiger partial charge in [-0.2, -0.15) is 0 Å². The largest absolute Gasteiger partial charge is 0.325 e. The molecule has 2 heterocycles. The van der Waals surface area contributed by atoms with Gasteiger partial charge in [-0.25, -0.2) is 9.07 Å². The number of nitrogens with one attached hydrogen (secondary N) is 2. The van der Waals surface area contributed by atoms with Crippen LogP contribution in [0.1, 0.15) is 11.6 Å². The number of fused-ring (bicyclic) bond motifs is 1. The lowest BCUT2D eigenvalue weighted by molar-refractivity contribution is -0.116. The Morgan fingerprint density at radius 2 is 1.81 bits per heavy atom. The van der Waals surface area contributed by atoms with Gasteiger partial charge < -0.3 is 10.7 Å². The molecule has 4 aromatic rings. The lowest BCUT2D eigenvalue weighted by Crippen LogP contribution is -2.41. The molecule has 2 N–H and O–H groups in total. The minimum atomic E-state index is -0.584. The summed E-state index contributed by atoms with van der Waals surface area (Å²) in [4.78, 5) is 13.3. The monoisotopic (exact) mass is 465 g/mol. The fraction of sp³-hybridized carbons (Fsp3) is 0.0870. The van der Waals surface area contributed by atoms with Crippen molar-refractivity contribution in [3.8, 4) is 11.4 Å². The molecular weight excluding hydrogens is 449 g/mol. The molecule has 32 heavy (non-hydrogen) atoms. The Morgan fingerprint density at radius 3 is 2.56 bits per heavy atom. The number of nitrogens with zero attached hydrogens (tertiary/aromatic N) is 3. The van der Waals surface area contributed by atoms with Crippen molar-refractivity contribution in [2.45, 2.75) is 16.4 Å². The predicted molar refractivity (Wildman–Crippen MR) is 124 cm³/mol. The molecule has 2 atom stereocenters. The number of amides is 1. The van der Waals surface area contributed by atoms with Gasteiger partial charge in [0.2, 0.25) is 11.1 Å². The van der Waals surface area contributed by atoms with Crippen LogP contribution in [0.2, 0.25) is 5.02 Å². The fourth-order valence-corrected chi connectivity index (χ4v) is 4.80. The minimum absolute atomic E-state index is 0.227. The van der Waals surface area contributed by atoms with E-state index < -0.39 is 11.3 Å². The molecule has 0 saturated heterocycles. The van der Waals surface area contributed by atoms with Crippen LogP contribution in [0.4, 0.5) is 10.1 Å². The summed E-state index contributed by atoms with van der Waals surface area (Å²) < 4.78 is 15.3. The molecule has 1 amide bonds. The van der Waals surface area contributed by atoms with Crippen molar-refractivity contribution in [3.63, 3.8) is 0 Å². The summed E-state index contributed by atoms with van der Waals surface area (Å²) in [6, 6.07) is 22.3. The van der Waals surface area contributed by atoms with Crippen LogP contribution in [-0.4, -0.2) is 26.0 Å². The van der Waals surface area contributed by atoms with Gasteiger partial charge in [0, 0.05) is 16.3 Å². The average molecular weight is 466 g/mol. The summed E-state index contributed by atoms with van der Waals surface area (Å²) in [6.45, 7) is 0. The molecule has 1 aliphatic rings. The average Bonchev–Trinajstić information content (AvgIpc) is 3.22. The molecule has 0 aliphatic carbocycles. The topological polar surface area (TPSA) is 71.8 Å². The molecule has 0 spiro atoms. The van der Waals surface area contributed by atoms with E-state index in [2.05, 4.69) is 20.9 Å². The van der Waals surface area contributed by atoms with Gasteiger partial charge in [-0.15, -0.1) is 10.2 Å². The first-order valence-corrected chi connectivity index (χ1v) is 11.1. The number of halogens is 2. The molecule has 9 heteroatoms. The van der Waals surface area contributed by atoms with Gasteiger partial charge in [0.15, 0.2) is 5.82 Å². The Labute approximate surface area is 192 Å². The highest BCUT2D eigenvalue weighted by atomic mass is 35.5. The van der Waals surface area contributed by atoms with Crippen molar-refractivity contribution in [1.29, 1.82) is 0 Å². The van der Waals surface area contributed by atoms with Gasteiger partial charge in [-0.3, -0.25) is 4.79 Å². The SMILES string of the molecule is O=C(Nc1cccc(Cl)c1)[C@H]1Sc2nnc(-c3ccccc3)n2N[C@@H]1c1ccc(F)cc1. The Morgan fingerprint density at radius 1 is 1.03 bits per heavy atom. The van der Waals surface area contributed by atoms with Crippen LogP contribution >= 0.6 is 23.4 Å². The summed E-state index contributed by atoms with van der Waals surface area (Å²) in [5.41, 5.74) is 5.62. The second-order valence-electron chi connectivity index (χ2n) is 7.20. The van der Waals surface area contributed by atoms with E-state index in [-0.39, 0.29) is 11.7 Å². The Kier molecular flexibility index (Phi) is 5.55. The van der Waals surface area contributed by atoms with Gasteiger partial charge in [0.1, 0.15) is 11.1 Å². The highest BCUT2D eigenvalue weighted by Gasteiger charge is 2.38. The number of hydrogen-bond donors (Lipinski definition) is 2. The van der Waals surface area contributed by atoms with E-state index in [4.69, 9.17) is 11.6 Å². The summed E-state index contributed by atoms with van der Waals surface area (Å²) in [7, 11) is 0. The molecule has 6 nitrogen and oxygen atoms in total. The van der Waals surface area contributed by atoms with Crippen LogP contribution in [0.5, 0.6) is 0 Å². The molecule has 0 bridgehead atoms. The van der Waals surface area contributed by atoms with E-state index in [0.717, 1.165) is 11.1 Å². The van der Waals surface area contributed by atoms with Crippen LogP contribution in [-0.2, 0) is 4.79 Å². The zero-order valence-electron chi connectivity index (χ0n) is 16.6. The third-order valence-electron chi connectivity index (χ3n) is 5.05. The third-order valence-corrected chi connectivity index (χ3v) is 6.50. The number of aromatic nitrogens is 3. The second-order valence-corrected chi connectivity index (χ2v) is 8.75. The van der Waals surface area contributed by atoms with E-state index in [9.17, 15) is 9.18 Å². The van der Waals surface area contributed by atoms with Crippen molar-refractivity contribution in [3.05, 3.63) is 95.3 Å². The highest BCUT2D eigenvalue weighted by molar-refractivity contribution is 8.00. The third kappa shape index (κ3) is 4.06. The van der Waals surface area contributed by atoms with Crippen molar-refractivity contribution in [1.82, 2.24) is 14.9 Å². The predicted octanol–water partition coefficient (Wildman–Crippen LogP) is 5.14. The molecule has 0 unspecified atom stereocenters. The first-order chi connectivity index (χ1) is 15.6. The smallest absolute Gasteiger partial charge is 0.240 e. The van der Waals surface area contributed by atoms with Gasteiger partial charge in [0.25, 0.3) is 0 Å². The maximum absolute atomic E-state index is 13.6. The fourth-order valence-electron chi connectivity index (χ4n) is 3.53. The Bertz CT molecular complexity index is 1270. The molecule has 1 aromatic heterocycles. The van der Waals surface area contributed by atoms with Crippen LogP contribution in [0, 0.1) is 5.82 Å². The molecule has 160 valence electrons. The molecular formula is C23H17ClFN5OS. The normalized spacial score (nSPS) is 17.3. The van der Waals surface area contributed by atoms with Crippen molar-refractivity contribution in [2.75, 3.05) is 10.7 Å². The standard InChI is InChI=1S/C23H17ClFN5OS/c24-16-7-4-8-18(13-16)26-22(31)20-19(14-9-11-17(25)12-10-14)29-30-21(27-28-23(30)32-20)15-5-2-1-3-6-15/h1-13,19-20,29H,(H,26,31)/t19-,20+/m1/s1. The zero-order chi connectivity index (χ0) is 22.1. The molecule has 0 saturated carbocycles. The number of anilines is 1. The summed E-state index contributed by atoms with van der Waals surface area (Å²) in [5, 5.41) is 12.0. The van der Waals surface area contributed by atoms with E-state index >= 15 is 0 Å². The Hall–Kier alpha value is -3.36. The van der Waals surface area contributed by atoms with Gasteiger partial charge >= 0.3 is 0 Å². The number of benzene rings is 3. The minimum Gasteiger partial charge on any atom is -0.325 e. The van der Waals surface area contributed by atoms with Crippen LogP contribution < -0.4 is 10.7 Å². The van der Waals surface area contributed by atoms with Crippen LogP contribution in [0.3, 0.4) is 0 Å². The maximum atomic E-state index is 13.6. The van der Waals surface area contributed by atoms with E-state index in [1.165, 1.54) is 23.9 Å². The lowest BCUT2D eigenvalue weighted by atomic mass is 10.0. The molecule has 0 fully saturated rings. The highest BCUT2D eigenvalue weighted by Crippen LogP contribution is 2.39.